The SMILES string of the molecule is Cc1ncsc1CN(C)c1cccc(Cl)c1CC(C)N. The molecular formula is C15H20ClN3S. The summed E-state index contributed by atoms with van der Waals surface area (Å²) in [4.78, 5) is 7.79. The molecule has 0 bridgehead atoms. The van der Waals surface area contributed by atoms with Gasteiger partial charge in [0.1, 0.15) is 0 Å². The van der Waals surface area contributed by atoms with E-state index in [-0.39, 0.29) is 6.04 Å². The third-order valence-electron chi connectivity index (χ3n) is 3.26. The van der Waals surface area contributed by atoms with Crippen LogP contribution in [-0.2, 0) is 13.0 Å². The molecular weight excluding hydrogens is 290 g/mol. The van der Waals surface area contributed by atoms with Crippen molar-refractivity contribution in [2.75, 3.05) is 11.9 Å². The van der Waals surface area contributed by atoms with Crippen molar-refractivity contribution in [2.45, 2.75) is 32.9 Å². The van der Waals surface area contributed by atoms with E-state index in [9.17, 15) is 0 Å². The molecule has 1 aromatic carbocycles. The lowest BCUT2D eigenvalue weighted by molar-refractivity contribution is 0.734. The number of halogens is 1. The average molecular weight is 310 g/mol. The predicted molar refractivity (Wildman–Crippen MR) is 87.8 cm³/mol. The molecule has 0 radical (unpaired) electrons. The topological polar surface area (TPSA) is 42.2 Å². The second-order valence-electron chi connectivity index (χ2n) is 5.14. The number of aryl methyl sites for hydroxylation is 1. The van der Waals surface area contributed by atoms with Crippen LogP contribution in [-0.4, -0.2) is 18.1 Å². The molecule has 0 aliphatic heterocycles. The maximum atomic E-state index is 6.34. The van der Waals surface area contributed by atoms with Gasteiger partial charge in [-0.25, -0.2) is 4.98 Å². The van der Waals surface area contributed by atoms with Crippen LogP contribution in [0.4, 0.5) is 5.69 Å². The molecule has 0 saturated heterocycles. The normalized spacial score (nSPS) is 12.4. The number of anilines is 1. The van der Waals surface area contributed by atoms with Gasteiger partial charge < -0.3 is 10.6 Å². The van der Waals surface area contributed by atoms with E-state index in [0.717, 1.165) is 34.9 Å². The maximum absolute atomic E-state index is 6.34. The summed E-state index contributed by atoms with van der Waals surface area (Å²) in [6, 6.07) is 6.10. The summed E-state index contributed by atoms with van der Waals surface area (Å²) in [6.45, 7) is 4.88. The van der Waals surface area contributed by atoms with Crippen LogP contribution in [0.3, 0.4) is 0 Å². The van der Waals surface area contributed by atoms with Gasteiger partial charge in [-0.15, -0.1) is 11.3 Å². The quantitative estimate of drug-likeness (QED) is 0.917. The molecule has 3 nitrogen and oxygen atoms in total. The number of nitrogens with two attached hydrogens (primary N) is 1. The smallest absolute Gasteiger partial charge is 0.0798 e. The van der Waals surface area contributed by atoms with Gasteiger partial charge in [0.25, 0.3) is 0 Å². The number of nitrogens with zero attached hydrogens (tertiary/aromatic N) is 2. The van der Waals surface area contributed by atoms with Crippen LogP contribution in [0.2, 0.25) is 5.02 Å². The Morgan fingerprint density at radius 2 is 2.20 bits per heavy atom. The van der Waals surface area contributed by atoms with Crippen LogP contribution in [0.1, 0.15) is 23.1 Å². The van der Waals surface area contributed by atoms with E-state index < -0.39 is 0 Å². The van der Waals surface area contributed by atoms with Crippen LogP contribution in [0.25, 0.3) is 0 Å². The lowest BCUT2D eigenvalue weighted by Gasteiger charge is -2.23. The molecule has 2 aromatic rings. The van der Waals surface area contributed by atoms with Crippen LogP contribution in [0, 0.1) is 6.92 Å². The molecule has 1 aromatic heterocycles. The van der Waals surface area contributed by atoms with Gasteiger partial charge in [0.05, 0.1) is 17.7 Å². The van der Waals surface area contributed by atoms with E-state index in [4.69, 9.17) is 17.3 Å². The highest BCUT2D eigenvalue weighted by molar-refractivity contribution is 7.09. The van der Waals surface area contributed by atoms with Crippen molar-refractivity contribution >= 4 is 28.6 Å². The first kappa shape index (κ1) is 15.3. The summed E-state index contributed by atoms with van der Waals surface area (Å²) in [7, 11) is 2.08. The van der Waals surface area contributed by atoms with Gasteiger partial charge in [0.2, 0.25) is 0 Å². The first-order chi connectivity index (χ1) is 9.49. The Morgan fingerprint density at radius 3 is 2.80 bits per heavy atom. The molecule has 0 saturated carbocycles. The Bertz CT molecular complexity index is 580. The lowest BCUT2D eigenvalue weighted by atomic mass is 10.0. The summed E-state index contributed by atoms with van der Waals surface area (Å²) in [5, 5.41) is 0.785. The molecule has 0 aliphatic carbocycles. The summed E-state index contributed by atoms with van der Waals surface area (Å²) in [5.41, 5.74) is 11.2. The summed E-state index contributed by atoms with van der Waals surface area (Å²) in [5.74, 6) is 0. The lowest BCUT2D eigenvalue weighted by Crippen LogP contribution is -2.22. The molecule has 2 rings (SSSR count). The fourth-order valence-corrected chi connectivity index (χ4v) is 3.28. The largest absolute Gasteiger partial charge is 0.369 e. The Kier molecular flexibility index (Phi) is 5.02. The number of rotatable bonds is 5. The van der Waals surface area contributed by atoms with Gasteiger partial charge >= 0.3 is 0 Å². The van der Waals surface area contributed by atoms with Gasteiger partial charge in [0.15, 0.2) is 0 Å². The summed E-state index contributed by atoms with van der Waals surface area (Å²) >= 11 is 8.02. The van der Waals surface area contributed by atoms with Gasteiger partial charge in [0, 0.05) is 28.7 Å². The van der Waals surface area contributed by atoms with Crippen LogP contribution >= 0.6 is 22.9 Å². The van der Waals surface area contributed by atoms with Crippen LogP contribution in [0.5, 0.6) is 0 Å². The van der Waals surface area contributed by atoms with Crippen molar-refractivity contribution in [1.29, 1.82) is 0 Å². The van der Waals surface area contributed by atoms with Crippen molar-refractivity contribution in [3.05, 3.63) is 44.9 Å². The highest BCUT2D eigenvalue weighted by Crippen LogP contribution is 2.29. The molecule has 1 unspecified atom stereocenters. The first-order valence-electron chi connectivity index (χ1n) is 6.62. The van der Waals surface area contributed by atoms with Gasteiger partial charge in [-0.05, 0) is 38.0 Å². The van der Waals surface area contributed by atoms with Gasteiger partial charge in [-0.3, -0.25) is 0 Å². The standard InChI is InChI=1S/C15H20ClN3S/c1-10(17)7-12-13(16)5-4-6-14(12)19(3)8-15-11(2)18-9-20-15/h4-6,9-10H,7-8,17H2,1-3H3. The van der Waals surface area contributed by atoms with Crippen LogP contribution < -0.4 is 10.6 Å². The third kappa shape index (κ3) is 3.51. The van der Waals surface area contributed by atoms with Gasteiger partial charge in [-0.2, -0.15) is 0 Å². The van der Waals surface area contributed by atoms with Crippen molar-refractivity contribution in [1.82, 2.24) is 4.98 Å². The third-order valence-corrected chi connectivity index (χ3v) is 4.53. The fourth-order valence-electron chi connectivity index (χ4n) is 2.21. The molecule has 0 fully saturated rings. The molecule has 0 amide bonds. The number of thiazole rings is 1. The zero-order valence-corrected chi connectivity index (χ0v) is 13.6. The van der Waals surface area contributed by atoms with E-state index in [1.165, 1.54) is 4.88 Å². The minimum atomic E-state index is 0.0900. The molecule has 2 N–H and O–H groups in total. The van der Waals surface area contributed by atoms with Crippen molar-refractivity contribution in [3.63, 3.8) is 0 Å². The van der Waals surface area contributed by atoms with E-state index in [2.05, 4.69) is 23.0 Å². The van der Waals surface area contributed by atoms with E-state index >= 15 is 0 Å². The Morgan fingerprint density at radius 1 is 1.45 bits per heavy atom. The van der Waals surface area contributed by atoms with E-state index in [1.54, 1.807) is 11.3 Å². The monoisotopic (exact) mass is 309 g/mol. The molecule has 108 valence electrons. The van der Waals surface area contributed by atoms with Crippen molar-refractivity contribution in [3.8, 4) is 0 Å². The molecule has 20 heavy (non-hydrogen) atoms. The minimum Gasteiger partial charge on any atom is -0.369 e. The molecule has 1 heterocycles. The molecule has 0 aliphatic rings. The summed E-state index contributed by atoms with van der Waals surface area (Å²) < 4.78 is 0. The minimum absolute atomic E-state index is 0.0900. The zero-order chi connectivity index (χ0) is 14.7. The number of benzene rings is 1. The maximum Gasteiger partial charge on any atom is 0.0798 e. The number of aromatic nitrogens is 1. The second kappa shape index (κ2) is 6.57. The average Bonchev–Trinajstić information content (AvgIpc) is 2.77. The van der Waals surface area contributed by atoms with Crippen LogP contribution in [0.15, 0.2) is 23.7 Å². The fraction of sp³-hybridized carbons (Fsp3) is 0.400. The Balaban J connectivity index is 2.27. The predicted octanol–water partition coefficient (Wildman–Crippen LogP) is 3.63. The highest BCUT2D eigenvalue weighted by atomic mass is 35.5. The molecule has 0 spiro atoms. The number of hydrogen-bond acceptors (Lipinski definition) is 4. The van der Waals surface area contributed by atoms with E-state index in [1.807, 2.05) is 31.5 Å². The first-order valence-corrected chi connectivity index (χ1v) is 7.88. The molecule has 5 heteroatoms. The Hall–Kier alpha value is -1.10. The second-order valence-corrected chi connectivity index (χ2v) is 6.48. The van der Waals surface area contributed by atoms with Crippen molar-refractivity contribution in [2.24, 2.45) is 5.73 Å². The molecule has 1 atom stereocenters. The summed E-state index contributed by atoms with van der Waals surface area (Å²) in [6.07, 6.45) is 0.779. The highest BCUT2D eigenvalue weighted by Gasteiger charge is 2.14. The van der Waals surface area contributed by atoms with E-state index in [0.29, 0.717) is 0 Å². The van der Waals surface area contributed by atoms with Crippen molar-refractivity contribution < 1.29 is 0 Å². The number of hydrogen-bond donors (Lipinski definition) is 1. The zero-order valence-electron chi connectivity index (χ0n) is 12.1. The van der Waals surface area contributed by atoms with Gasteiger partial charge in [-0.1, -0.05) is 17.7 Å². The Labute approximate surface area is 129 Å².